The van der Waals surface area contributed by atoms with Gasteiger partial charge in [0.15, 0.2) is 0 Å². The van der Waals surface area contributed by atoms with Gasteiger partial charge < -0.3 is 14.6 Å². The Kier molecular flexibility index (Phi) is 4.61. The number of hydrogen-bond acceptors (Lipinski definition) is 3. The highest BCUT2D eigenvalue weighted by Gasteiger charge is 2.16. The largest absolute Gasteiger partial charge is 0.380 e. The van der Waals surface area contributed by atoms with Gasteiger partial charge in [0.25, 0.3) is 5.91 Å². The minimum atomic E-state index is 0.0128. The van der Waals surface area contributed by atoms with Gasteiger partial charge in [-0.2, -0.15) is 0 Å². The predicted molar refractivity (Wildman–Crippen MR) is 74.1 cm³/mol. The maximum absolute atomic E-state index is 11.8. The average Bonchev–Trinajstić information content (AvgIpc) is 2.72. The molecule has 0 aromatic carbocycles. The molecule has 1 aromatic heterocycles. The van der Waals surface area contributed by atoms with Crippen LogP contribution in [-0.4, -0.2) is 61.1 Å². The maximum atomic E-state index is 11.8. The van der Waals surface area contributed by atoms with Crippen LogP contribution < -0.4 is 0 Å². The molecule has 1 N–H and O–H groups in total. The highest BCUT2D eigenvalue weighted by Crippen LogP contribution is 2.11. The number of nitrogens with one attached hydrogen (secondary N) is 1. The fourth-order valence-electron chi connectivity index (χ4n) is 2.35. The number of aromatic nitrogens is 1. The molecular formula is C14H23N3O2. The first-order valence-electron chi connectivity index (χ1n) is 6.76. The van der Waals surface area contributed by atoms with Crippen LogP contribution in [0.3, 0.4) is 0 Å². The highest BCUT2D eigenvalue weighted by molar-refractivity contribution is 5.92. The molecule has 0 saturated carbocycles. The number of ether oxygens (including phenoxy) is 1. The van der Waals surface area contributed by atoms with Crippen LogP contribution in [0.2, 0.25) is 0 Å². The first-order valence-corrected chi connectivity index (χ1v) is 6.76. The maximum Gasteiger partial charge on any atom is 0.269 e. The lowest BCUT2D eigenvalue weighted by atomic mass is 10.2. The lowest BCUT2D eigenvalue weighted by molar-refractivity contribution is 0.0822. The zero-order valence-electron chi connectivity index (χ0n) is 12.0. The standard InChI is InChI=1S/C14H23N3O2/c1-11-8-17(6-7-19-10-11)9-12-4-5-13(15-12)14(18)16(2)3/h4-5,11,15H,6-10H2,1-3H3. The molecule has 0 radical (unpaired) electrons. The molecule has 1 atom stereocenters. The van der Waals surface area contributed by atoms with E-state index in [-0.39, 0.29) is 5.91 Å². The van der Waals surface area contributed by atoms with Crippen molar-refractivity contribution in [1.29, 1.82) is 0 Å². The second-order valence-electron chi connectivity index (χ2n) is 5.51. The van der Waals surface area contributed by atoms with Gasteiger partial charge in [-0.15, -0.1) is 0 Å². The van der Waals surface area contributed by atoms with Crippen molar-refractivity contribution in [2.24, 2.45) is 5.92 Å². The van der Waals surface area contributed by atoms with Crippen molar-refractivity contribution in [3.63, 3.8) is 0 Å². The van der Waals surface area contributed by atoms with Crippen LogP contribution in [0.15, 0.2) is 12.1 Å². The Bertz CT molecular complexity index is 428. The molecule has 0 bridgehead atoms. The monoisotopic (exact) mass is 265 g/mol. The molecule has 1 unspecified atom stereocenters. The topological polar surface area (TPSA) is 48.6 Å². The molecule has 19 heavy (non-hydrogen) atoms. The van der Waals surface area contributed by atoms with Gasteiger partial charge in [-0.25, -0.2) is 0 Å². The van der Waals surface area contributed by atoms with E-state index < -0.39 is 0 Å². The lowest BCUT2D eigenvalue weighted by Gasteiger charge is -2.20. The Morgan fingerprint density at radius 2 is 2.32 bits per heavy atom. The first-order chi connectivity index (χ1) is 9.06. The molecule has 2 heterocycles. The van der Waals surface area contributed by atoms with Gasteiger partial charge in [-0.3, -0.25) is 9.69 Å². The summed E-state index contributed by atoms with van der Waals surface area (Å²) in [6, 6.07) is 3.85. The van der Waals surface area contributed by atoms with E-state index in [2.05, 4.69) is 16.8 Å². The van der Waals surface area contributed by atoms with Crippen LogP contribution in [-0.2, 0) is 11.3 Å². The number of amides is 1. The summed E-state index contributed by atoms with van der Waals surface area (Å²) in [5.41, 5.74) is 1.73. The van der Waals surface area contributed by atoms with Gasteiger partial charge in [0, 0.05) is 39.4 Å². The van der Waals surface area contributed by atoms with E-state index in [4.69, 9.17) is 4.74 Å². The van der Waals surface area contributed by atoms with Crippen molar-refractivity contribution in [3.05, 3.63) is 23.5 Å². The van der Waals surface area contributed by atoms with Gasteiger partial charge in [0.2, 0.25) is 0 Å². The van der Waals surface area contributed by atoms with E-state index in [9.17, 15) is 4.79 Å². The summed E-state index contributed by atoms with van der Waals surface area (Å²) < 4.78 is 5.54. The van der Waals surface area contributed by atoms with Crippen LogP contribution in [0.25, 0.3) is 0 Å². The molecule has 2 rings (SSSR count). The van der Waals surface area contributed by atoms with Gasteiger partial charge >= 0.3 is 0 Å². The molecule has 1 aliphatic rings. The molecule has 1 amide bonds. The van der Waals surface area contributed by atoms with E-state index in [0.29, 0.717) is 11.6 Å². The highest BCUT2D eigenvalue weighted by atomic mass is 16.5. The third-order valence-corrected chi connectivity index (χ3v) is 3.30. The molecular weight excluding hydrogens is 242 g/mol. The number of carbonyl (C=O) groups is 1. The van der Waals surface area contributed by atoms with Crippen molar-refractivity contribution >= 4 is 5.91 Å². The van der Waals surface area contributed by atoms with Crippen LogP contribution in [0, 0.1) is 5.92 Å². The molecule has 5 heteroatoms. The normalized spacial score (nSPS) is 21.1. The number of rotatable bonds is 3. The number of aromatic amines is 1. The zero-order chi connectivity index (χ0) is 13.8. The number of carbonyl (C=O) groups excluding carboxylic acids is 1. The number of hydrogen-bond donors (Lipinski definition) is 1. The molecule has 1 aromatic rings. The Hall–Kier alpha value is -1.33. The minimum absolute atomic E-state index is 0.0128. The van der Waals surface area contributed by atoms with Crippen molar-refractivity contribution < 1.29 is 9.53 Å². The van der Waals surface area contributed by atoms with Crippen LogP contribution >= 0.6 is 0 Å². The molecule has 0 spiro atoms. The van der Waals surface area contributed by atoms with Crippen molar-refractivity contribution in [2.45, 2.75) is 13.5 Å². The molecule has 1 aliphatic heterocycles. The summed E-state index contributed by atoms with van der Waals surface area (Å²) in [5, 5.41) is 0. The molecule has 1 saturated heterocycles. The molecule has 106 valence electrons. The summed E-state index contributed by atoms with van der Waals surface area (Å²) in [5.74, 6) is 0.569. The van der Waals surface area contributed by atoms with E-state index in [0.717, 1.165) is 38.5 Å². The molecule has 1 fully saturated rings. The Morgan fingerprint density at radius 3 is 3.05 bits per heavy atom. The number of nitrogens with zero attached hydrogens (tertiary/aromatic N) is 2. The zero-order valence-corrected chi connectivity index (χ0v) is 12.0. The summed E-state index contributed by atoms with van der Waals surface area (Å²) in [6.45, 7) is 6.65. The predicted octanol–water partition coefficient (Wildman–Crippen LogP) is 1.18. The fraction of sp³-hybridized carbons (Fsp3) is 0.643. The molecule has 5 nitrogen and oxygen atoms in total. The van der Waals surface area contributed by atoms with Gasteiger partial charge in [0.05, 0.1) is 13.2 Å². The van der Waals surface area contributed by atoms with Crippen LogP contribution in [0.5, 0.6) is 0 Å². The third kappa shape index (κ3) is 3.81. The van der Waals surface area contributed by atoms with E-state index >= 15 is 0 Å². The van der Waals surface area contributed by atoms with Crippen molar-refractivity contribution in [2.75, 3.05) is 40.4 Å². The van der Waals surface area contributed by atoms with Gasteiger partial charge in [-0.1, -0.05) is 6.92 Å². The fourth-order valence-corrected chi connectivity index (χ4v) is 2.35. The summed E-state index contributed by atoms with van der Waals surface area (Å²) in [6.07, 6.45) is 0. The summed E-state index contributed by atoms with van der Waals surface area (Å²) >= 11 is 0. The Morgan fingerprint density at radius 1 is 1.53 bits per heavy atom. The smallest absolute Gasteiger partial charge is 0.269 e. The Balaban J connectivity index is 1.97. The average molecular weight is 265 g/mol. The second-order valence-corrected chi connectivity index (χ2v) is 5.51. The summed E-state index contributed by atoms with van der Waals surface area (Å²) in [4.78, 5) is 19.0. The second kappa shape index (κ2) is 6.21. The van der Waals surface area contributed by atoms with Gasteiger partial charge in [-0.05, 0) is 18.1 Å². The van der Waals surface area contributed by atoms with E-state index in [1.807, 2.05) is 12.1 Å². The van der Waals surface area contributed by atoms with Crippen molar-refractivity contribution in [3.8, 4) is 0 Å². The number of H-pyrrole nitrogens is 1. The van der Waals surface area contributed by atoms with E-state index in [1.54, 1.807) is 19.0 Å². The van der Waals surface area contributed by atoms with Crippen LogP contribution in [0.1, 0.15) is 23.1 Å². The van der Waals surface area contributed by atoms with E-state index in [1.165, 1.54) is 0 Å². The summed E-state index contributed by atoms with van der Waals surface area (Å²) in [7, 11) is 3.52. The third-order valence-electron chi connectivity index (χ3n) is 3.30. The SMILES string of the molecule is CC1COCCN(Cc2ccc(C(=O)N(C)C)[nH]2)C1. The minimum Gasteiger partial charge on any atom is -0.380 e. The van der Waals surface area contributed by atoms with Crippen molar-refractivity contribution in [1.82, 2.24) is 14.8 Å². The van der Waals surface area contributed by atoms with Crippen LogP contribution in [0.4, 0.5) is 0 Å². The molecule has 0 aliphatic carbocycles. The first kappa shape index (κ1) is 14.1. The Labute approximate surface area is 114 Å². The lowest BCUT2D eigenvalue weighted by Crippen LogP contribution is -2.29. The quantitative estimate of drug-likeness (QED) is 0.893. The van der Waals surface area contributed by atoms with Gasteiger partial charge in [0.1, 0.15) is 5.69 Å².